The van der Waals surface area contributed by atoms with Crippen molar-refractivity contribution in [3.05, 3.63) is 82.9 Å². The highest BCUT2D eigenvalue weighted by Gasteiger charge is 2.57. The first-order valence-corrected chi connectivity index (χ1v) is 14.3. The second-order valence-corrected chi connectivity index (χ2v) is 11.6. The molecule has 9 nitrogen and oxygen atoms in total. The van der Waals surface area contributed by atoms with Crippen LogP contribution < -0.4 is 9.64 Å². The maximum atomic E-state index is 14.3. The van der Waals surface area contributed by atoms with E-state index >= 15 is 0 Å². The monoisotopic (exact) mass is 567 g/mol. The van der Waals surface area contributed by atoms with Gasteiger partial charge in [0, 0.05) is 37.7 Å². The van der Waals surface area contributed by atoms with Crippen molar-refractivity contribution in [2.45, 2.75) is 44.9 Å². The van der Waals surface area contributed by atoms with E-state index in [0.29, 0.717) is 23.9 Å². The Balaban J connectivity index is 1.04. The average Bonchev–Trinajstić information content (AvgIpc) is 3.59. The zero-order valence-corrected chi connectivity index (χ0v) is 23.0. The number of halogens is 1. The second-order valence-electron chi connectivity index (χ2n) is 11.6. The summed E-state index contributed by atoms with van der Waals surface area (Å²) in [5.41, 5.74) is 2.76. The lowest BCUT2D eigenvalue weighted by Gasteiger charge is -2.33. The summed E-state index contributed by atoms with van der Waals surface area (Å²) in [7, 11) is 0. The van der Waals surface area contributed by atoms with Crippen LogP contribution in [0.5, 0.6) is 5.88 Å². The van der Waals surface area contributed by atoms with Crippen molar-refractivity contribution in [2.24, 2.45) is 11.3 Å². The molecule has 2 aliphatic heterocycles. The zero-order chi connectivity index (χ0) is 28.8. The van der Waals surface area contributed by atoms with E-state index in [1.165, 1.54) is 6.07 Å². The molecule has 0 radical (unpaired) electrons. The highest BCUT2D eigenvalue weighted by Crippen LogP contribution is 2.60. The van der Waals surface area contributed by atoms with Gasteiger partial charge < -0.3 is 24.0 Å². The molecule has 2 aromatic carbocycles. The van der Waals surface area contributed by atoms with Crippen LogP contribution in [-0.4, -0.2) is 51.4 Å². The number of rotatable bonds is 9. The van der Waals surface area contributed by atoms with Crippen LogP contribution in [0.25, 0.3) is 11.0 Å². The molecule has 10 heteroatoms. The summed E-state index contributed by atoms with van der Waals surface area (Å²) in [6.45, 7) is 3.22. The standard InChI is InChI=1S/C32H30FN5O4/c33-25-12-20(16-34)4-5-22(25)19-42-30-3-1-2-28(36-30)37-10-9-32(14-23(32)17-37)15-29-35-26-7-6-21(31(39)40)13-27(26)38(29)18-24-8-11-41-24/h1-7,12-13,23-24H,8-11,14-15,17-19H2,(H,39,40)/t23?,24-,32?/m0/s1. The van der Waals surface area contributed by atoms with Crippen LogP contribution >= 0.6 is 0 Å². The van der Waals surface area contributed by atoms with Gasteiger partial charge in [0.2, 0.25) is 5.88 Å². The van der Waals surface area contributed by atoms with Crippen molar-refractivity contribution in [1.29, 1.82) is 5.26 Å². The quantitative estimate of drug-likeness (QED) is 0.302. The summed E-state index contributed by atoms with van der Waals surface area (Å²) in [6.07, 6.45) is 4.10. The number of fused-ring (bicyclic) bond motifs is 2. The molecule has 0 amide bonds. The molecule has 3 aliphatic rings. The first kappa shape index (κ1) is 26.4. The number of aromatic nitrogens is 3. The third kappa shape index (κ3) is 4.94. The smallest absolute Gasteiger partial charge is 0.335 e. The summed E-state index contributed by atoms with van der Waals surface area (Å²) in [4.78, 5) is 23.6. The third-order valence-corrected chi connectivity index (χ3v) is 9.03. The lowest BCUT2D eigenvalue weighted by molar-refractivity contribution is -0.0591. The van der Waals surface area contributed by atoms with E-state index < -0.39 is 11.8 Å². The van der Waals surface area contributed by atoms with Crippen molar-refractivity contribution >= 4 is 22.8 Å². The Morgan fingerprint density at radius 2 is 2.10 bits per heavy atom. The predicted octanol–water partition coefficient (Wildman–Crippen LogP) is 4.97. The topological polar surface area (TPSA) is 114 Å². The fraction of sp³-hybridized carbons (Fsp3) is 0.375. The van der Waals surface area contributed by atoms with E-state index in [1.54, 1.807) is 30.3 Å². The van der Waals surface area contributed by atoms with Crippen LogP contribution in [-0.2, 0) is 24.3 Å². The zero-order valence-electron chi connectivity index (χ0n) is 23.0. The van der Waals surface area contributed by atoms with Gasteiger partial charge in [-0.1, -0.05) is 12.1 Å². The van der Waals surface area contributed by atoms with Gasteiger partial charge in [-0.2, -0.15) is 10.2 Å². The van der Waals surface area contributed by atoms with E-state index in [-0.39, 0.29) is 29.3 Å². The van der Waals surface area contributed by atoms with Gasteiger partial charge in [-0.25, -0.2) is 14.2 Å². The molecular weight excluding hydrogens is 537 g/mol. The fourth-order valence-corrected chi connectivity index (χ4v) is 6.36. The normalized spacial score (nSPS) is 22.7. The second kappa shape index (κ2) is 10.4. The number of carbonyl (C=O) groups is 1. The molecule has 42 heavy (non-hydrogen) atoms. The molecule has 2 unspecified atom stereocenters. The van der Waals surface area contributed by atoms with Gasteiger partial charge in [-0.3, -0.25) is 0 Å². The minimum absolute atomic E-state index is 0.0284. The van der Waals surface area contributed by atoms with E-state index in [9.17, 15) is 14.3 Å². The molecule has 0 spiro atoms. The molecular formula is C32H30FN5O4. The number of nitriles is 1. The van der Waals surface area contributed by atoms with Crippen molar-refractivity contribution in [3.63, 3.8) is 0 Å². The molecule has 4 aromatic rings. The Bertz CT molecular complexity index is 1730. The van der Waals surface area contributed by atoms with Crippen LogP contribution in [0.1, 0.15) is 46.6 Å². The minimum Gasteiger partial charge on any atom is -0.478 e. The number of hydrogen-bond donors (Lipinski definition) is 1. The Hall–Kier alpha value is -4.49. The lowest BCUT2D eigenvalue weighted by Crippen LogP contribution is -2.36. The highest BCUT2D eigenvalue weighted by atomic mass is 19.1. The van der Waals surface area contributed by atoms with Gasteiger partial charge >= 0.3 is 5.97 Å². The van der Waals surface area contributed by atoms with E-state index in [4.69, 9.17) is 24.7 Å². The number of benzene rings is 2. The van der Waals surface area contributed by atoms with Crippen LogP contribution in [0, 0.1) is 28.5 Å². The van der Waals surface area contributed by atoms with Gasteiger partial charge in [0.15, 0.2) is 0 Å². The molecule has 214 valence electrons. The molecule has 2 aromatic heterocycles. The summed E-state index contributed by atoms with van der Waals surface area (Å²) in [6, 6.07) is 17.1. The summed E-state index contributed by atoms with van der Waals surface area (Å²) >= 11 is 0. The van der Waals surface area contributed by atoms with Gasteiger partial charge in [-0.05, 0) is 67.0 Å². The Morgan fingerprint density at radius 3 is 2.83 bits per heavy atom. The van der Waals surface area contributed by atoms with Gasteiger partial charge in [0.05, 0.1) is 40.9 Å². The van der Waals surface area contributed by atoms with E-state index in [1.807, 2.05) is 24.3 Å². The number of imidazole rings is 1. The fourth-order valence-electron chi connectivity index (χ4n) is 6.36. The number of pyridine rings is 1. The van der Waals surface area contributed by atoms with Gasteiger partial charge in [0.1, 0.15) is 24.1 Å². The van der Waals surface area contributed by atoms with Crippen molar-refractivity contribution in [3.8, 4) is 11.9 Å². The Morgan fingerprint density at radius 1 is 1.21 bits per heavy atom. The molecule has 1 N–H and O–H groups in total. The van der Waals surface area contributed by atoms with E-state index in [2.05, 4.69) is 9.47 Å². The third-order valence-electron chi connectivity index (χ3n) is 9.03. The largest absolute Gasteiger partial charge is 0.478 e. The number of carboxylic acid groups (broad SMARTS) is 1. The molecule has 4 heterocycles. The van der Waals surface area contributed by atoms with Gasteiger partial charge in [-0.15, -0.1) is 0 Å². The summed E-state index contributed by atoms with van der Waals surface area (Å²) in [5, 5.41) is 18.5. The number of piperidine rings is 1. The van der Waals surface area contributed by atoms with Crippen molar-refractivity contribution in [2.75, 3.05) is 24.6 Å². The first-order chi connectivity index (χ1) is 20.4. The first-order valence-electron chi connectivity index (χ1n) is 14.3. The van der Waals surface area contributed by atoms with Crippen molar-refractivity contribution < 1.29 is 23.8 Å². The number of aromatic carboxylic acids is 1. The highest BCUT2D eigenvalue weighted by molar-refractivity contribution is 5.92. The molecule has 1 saturated carbocycles. The molecule has 0 bridgehead atoms. The van der Waals surface area contributed by atoms with E-state index in [0.717, 1.165) is 68.1 Å². The van der Waals surface area contributed by atoms with Crippen LogP contribution in [0.4, 0.5) is 10.2 Å². The molecule has 1 aliphatic carbocycles. The van der Waals surface area contributed by atoms with Gasteiger partial charge in [0.25, 0.3) is 0 Å². The maximum absolute atomic E-state index is 14.3. The number of nitrogens with zero attached hydrogens (tertiary/aromatic N) is 5. The SMILES string of the molecule is N#Cc1ccc(COc2cccc(N3CCC4(Cc5nc6ccc(C(=O)O)cc6n5C[C@@H]5CCO5)CC4C3)n2)c(F)c1. The molecule has 2 saturated heterocycles. The lowest BCUT2D eigenvalue weighted by atomic mass is 9.91. The van der Waals surface area contributed by atoms with Crippen LogP contribution in [0.2, 0.25) is 0 Å². The maximum Gasteiger partial charge on any atom is 0.335 e. The summed E-state index contributed by atoms with van der Waals surface area (Å²) in [5.74, 6) is 1.36. The molecule has 7 rings (SSSR count). The predicted molar refractivity (Wildman–Crippen MR) is 152 cm³/mol. The summed E-state index contributed by atoms with van der Waals surface area (Å²) < 4.78 is 28.0. The average molecular weight is 568 g/mol. The Kier molecular flexibility index (Phi) is 6.54. The minimum atomic E-state index is -0.941. The van der Waals surface area contributed by atoms with Crippen LogP contribution in [0.3, 0.4) is 0 Å². The number of ether oxygens (including phenoxy) is 2. The number of carboxylic acids is 1. The molecule has 3 fully saturated rings. The number of anilines is 1. The van der Waals surface area contributed by atoms with Crippen LogP contribution in [0.15, 0.2) is 54.6 Å². The number of hydrogen-bond acceptors (Lipinski definition) is 7. The molecule has 3 atom stereocenters. The van der Waals surface area contributed by atoms with Crippen molar-refractivity contribution in [1.82, 2.24) is 14.5 Å². The Labute approximate surface area is 242 Å².